The first kappa shape index (κ1) is 16.0. The molecule has 0 aromatic rings. The minimum Gasteiger partial charge on any atom is -0.406 e. The average Bonchev–Trinajstić information content (AvgIpc) is 2.13. The van der Waals surface area contributed by atoms with Gasteiger partial charge in [-0.15, -0.1) is 6.58 Å². The minimum absolute atomic E-state index is 0.0599. The van der Waals surface area contributed by atoms with Crippen LogP contribution in [0.3, 0.4) is 0 Å². The van der Waals surface area contributed by atoms with Crippen LogP contribution < -0.4 is 0 Å². The summed E-state index contributed by atoms with van der Waals surface area (Å²) >= 11 is 10.9. The smallest absolute Gasteiger partial charge is 0.406 e. The van der Waals surface area contributed by atoms with Crippen molar-refractivity contribution in [1.29, 1.82) is 0 Å². The van der Waals surface area contributed by atoms with Crippen LogP contribution in [0.1, 0.15) is 32.1 Å². The van der Waals surface area contributed by atoms with Gasteiger partial charge in [-0.3, -0.25) is 9.79 Å². The maximum absolute atomic E-state index is 10.6. The van der Waals surface area contributed by atoms with Crippen LogP contribution in [0.4, 0.5) is 0 Å². The van der Waals surface area contributed by atoms with Gasteiger partial charge in [0.05, 0.1) is 0 Å². The average molecular weight is 289 g/mol. The van der Waals surface area contributed by atoms with Crippen molar-refractivity contribution in [2.45, 2.75) is 32.1 Å². The van der Waals surface area contributed by atoms with Crippen molar-refractivity contribution < 1.29 is 18.9 Å². The summed E-state index contributed by atoms with van der Waals surface area (Å²) in [4.78, 5) is 17.2. The number of unbranched alkanes of at least 4 members (excludes halogenated alkanes) is 3. The number of rotatable bonds is 8. The molecule has 4 nitrogen and oxygen atoms in total. The summed E-state index contributed by atoms with van der Waals surface area (Å²) < 4.78 is 14.7. The molecule has 0 atom stereocenters. The Morgan fingerprint density at radius 2 is 1.94 bits per heavy atom. The summed E-state index contributed by atoms with van der Waals surface area (Å²) in [6.07, 6.45) is 5.59. The first-order chi connectivity index (χ1) is 7.37. The third-order valence-electron chi connectivity index (χ3n) is 1.75. The quantitative estimate of drug-likeness (QED) is 0.308. The first-order valence-electron chi connectivity index (χ1n) is 4.77. The SMILES string of the molecule is C=CCCCCCC(OP(=O)(O)O)=C(Cl)Cl. The molecule has 7 heteroatoms. The van der Waals surface area contributed by atoms with E-state index in [4.69, 9.17) is 33.0 Å². The Bertz CT molecular complexity index is 294. The van der Waals surface area contributed by atoms with E-state index in [0.717, 1.165) is 19.3 Å². The van der Waals surface area contributed by atoms with E-state index in [2.05, 4.69) is 11.1 Å². The maximum atomic E-state index is 10.6. The molecule has 0 aliphatic rings. The molecule has 0 rings (SSSR count). The molecule has 0 fully saturated rings. The molecule has 2 N–H and O–H groups in total. The number of halogens is 2. The molecule has 0 aromatic heterocycles. The highest BCUT2D eigenvalue weighted by molar-refractivity contribution is 7.46. The molecule has 0 spiro atoms. The van der Waals surface area contributed by atoms with Gasteiger partial charge in [-0.05, 0) is 19.3 Å². The fourth-order valence-electron chi connectivity index (χ4n) is 1.07. The zero-order valence-electron chi connectivity index (χ0n) is 8.73. The molecule has 0 radical (unpaired) electrons. The highest BCUT2D eigenvalue weighted by Gasteiger charge is 2.19. The lowest BCUT2D eigenvalue weighted by molar-refractivity contribution is 0.235. The van der Waals surface area contributed by atoms with Crippen molar-refractivity contribution in [2.24, 2.45) is 0 Å². The highest BCUT2D eigenvalue weighted by Crippen LogP contribution is 2.42. The molecule has 94 valence electrons. The van der Waals surface area contributed by atoms with E-state index < -0.39 is 7.82 Å². The van der Waals surface area contributed by atoms with Crippen molar-refractivity contribution in [3.8, 4) is 0 Å². The molecule has 0 heterocycles. The van der Waals surface area contributed by atoms with E-state index in [1.54, 1.807) is 0 Å². The van der Waals surface area contributed by atoms with E-state index in [1.807, 2.05) is 6.08 Å². The van der Waals surface area contributed by atoms with Gasteiger partial charge in [-0.1, -0.05) is 35.7 Å². The fraction of sp³-hybridized carbons (Fsp3) is 0.556. The Balaban J connectivity index is 4.03. The van der Waals surface area contributed by atoms with E-state index in [1.165, 1.54) is 0 Å². The van der Waals surface area contributed by atoms with Crippen LogP contribution in [0.5, 0.6) is 0 Å². The summed E-state index contributed by atoms with van der Waals surface area (Å²) in [6, 6.07) is 0. The van der Waals surface area contributed by atoms with Gasteiger partial charge in [0.15, 0.2) is 0 Å². The molecule has 0 saturated heterocycles. The van der Waals surface area contributed by atoms with Crippen molar-refractivity contribution in [2.75, 3.05) is 0 Å². The van der Waals surface area contributed by atoms with Crippen molar-refractivity contribution in [3.63, 3.8) is 0 Å². The normalized spacial score (nSPS) is 11.0. The molecule has 0 aliphatic heterocycles. The zero-order valence-corrected chi connectivity index (χ0v) is 11.1. The summed E-state index contributed by atoms with van der Waals surface area (Å²) in [7, 11) is -4.58. The number of hydrogen-bond donors (Lipinski definition) is 2. The zero-order chi connectivity index (χ0) is 12.6. The molecule has 0 aliphatic carbocycles. The van der Waals surface area contributed by atoms with Crippen LogP contribution in [0.15, 0.2) is 22.9 Å². The van der Waals surface area contributed by atoms with Gasteiger partial charge in [0, 0.05) is 6.42 Å². The second-order valence-corrected chi connectivity index (χ2v) is 5.27. The van der Waals surface area contributed by atoms with E-state index >= 15 is 0 Å². The largest absolute Gasteiger partial charge is 0.524 e. The molecule has 16 heavy (non-hydrogen) atoms. The van der Waals surface area contributed by atoms with Gasteiger partial charge >= 0.3 is 7.82 Å². The lowest BCUT2D eigenvalue weighted by atomic mass is 10.1. The molecule has 0 aromatic carbocycles. The Labute approximate surface area is 105 Å². The fourth-order valence-corrected chi connectivity index (χ4v) is 1.91. The second-order valence-electron chi connectivity index (χ2n) is 3.15. The van der Waals surface area contributed by atoms with Crippen LogP contribution in [0, 0.1) is 0 Å². The van der Waals surface area contributed by atoms with Crippen LogP contribution >= 0.6 is 31.0 Å². The van der Waals surface area contributed by atoms with Gasteiger partial charge in [-0.25, -0.2) is 4.57 Å². The lowest BCUT2D eigenvalue weighted by Gasteiger charge is -2.10. The monoisotopic (exact) mass is 288 g/mol. The molecule has 0 unspecified atom stereocenters. The third-order valence-corrected chi connectivity index (χ3v) is 2.63. The topological polar surface area (TPSA) is 66.8 Å². The summed E-state index contributed by atoms with van der Waals surface area (Å²) in [5.41, 5.74) is 0. The number of allylic oxidation sites excluding steroid dienone is 2. The highest BCUT2D eigenvalue weighted by atomic mass is 35.5. The predicted octanol–water partition coefficient (Wildman–Crippen LogP) is 3.88. The Morgan fingerprint density at radius 3 is 2.38 bits per heavy atom. The predicted molar refractivity (Wildman–Crippen MR) is 65.1 cm³/mol. The molecular formula is C9H15Cl2O4P. The molecule has 0 saturated carbocycles. The van der Waals surface area contributed by atoms with Gasteiger partial charge in [-0.2, -0.15) is 0 Å². The van der Waals surface area contributed by atoms with Crippen LogP contribution in [-0.2, 0) is 9.09 Å². The van der Waals surface area contributed by atoms with E-state index in [-0.39, 0.29) is 10.3 Å². The maximum Gasteiger partial charge on any atom is 0.524 e. The molecule has 0 bridgehead atoms. The van der Waals surface area contributed by atoms with Gasteiger partial charge in [0.1, 0.15) is 10.3 Å². The molecular weight excluding hydrogens is 274 g/mol. The van der Waals surface area contributed by atoms with Crippen molar-refractivity contribution in [3.05, 3.63) is 22.9 Å². The van der Waals surface area contributed by atoms with Crippen molar-refractivity contribution >= 4 is 31.0 Å². The van der Waals surface area contributed by atoms with Crippen LogP contribution in [0.2, 0.25) is 0 Å². The minimum atomic E-state index is -4.58. The van der Waals surface area contributed by atoms with Gasteiger partial charge in [0.2, 0.25) is 0 Å². The molecule has 0 amide bonds. The number of phosphoric ester groups is 1. The lowest BCUT2D eigenvalue weighted by Crippen LogP contribution is -1.92. The van der Waals surface area contributed by atoms with E-state index in [0.29, 0.717) is 12.8 Å². The van der Waals surface area contributed by atoms with Crippen LogP contribution in [0.25, 0.3) is 0 Å². The van der Waals surface area contributed by atoms with Gasteiger partial charge < -0.3 is 4.52 Å². The van der Waals surface area contributed by atoms with Crippen molar-refractivity contribution in [1.82, 2.24) is 0 Å². The number of phosphoric acid groups is 1. The van der Waals surface area contributed by atoms with Gasteiger partial charge in [0.25, 0.3) is 0 Å². The van der Waals surface area contributed by atoms with E-state index in [9.17, 15) is 4.57 Å². The Kier molecular flexibility index (Phi) is 8.16. The summed E-state index contributed by atoms with van der Waals surface area (Å²) in [6.45, 7) is 3.59. The second kappa shape index (κ2) is 8.15. The Morgan fingerprint density at radius 1 is 1.31 bits per heavy atom. The Hall–Kier alpha value is 0.01000. The summed E-state index contributed by atoms with van der Waals surface area (Å²) in [5.74, 6) is -0.0599. The third kappa shape index (κ3) is 9.25. The van der Waals surface area contributed by atoms with Crippen LogP contribution in [-0.4, -0.2) is 9.79 Å². The first-order valence-corrected chi connectivity index (χ1v) is 7.05. The standard InChI is InChI=1S/C9H15Cl2O4P/c1-2-3-4-5-6-7-8(9(10)11)15-16(12,13)14/h2H,1,3-7H2,(H2,12,13,14). The summed E-state index contributed by atoms with van der Waals surface area (Å²) in [5, 5.41) is 0. The number of hydrogen-bond acceptors (Lipinski definition) is 2.